The number of hydrogen-bond donors (Lipinski definition) is 3. The van der Waals surface area contributed by atoms with E-state index in [0.29, 0.717) is 5.56 Å². The van der Waals surface area contributed by atoms with Crippen molar-refractivity contribution in [1.82, 2.24) is 15.5 Å². The van der Waals surface area contributed by atoms with Gasteiger partial charge in [0, 0.05) is 12.1 Å². The molecule has 1 aliphatic carbocycles. The van der Waals surface area contributed by atoms with E-state index in [1.807, 2.05) is 45.9 Å². The van der Waals surface area contributed by atoms with Crippen molar-refractivity contribution in [2.45, 2.75) is 91.1 Å². The molecule has 0 saturated heterocycles. The van der Waals surface area contributed by atoms with Gasteiger partial charge in [-0.2, -0.15) is 0 Å². The van der Waals surface area contributed by atoms with E-state index in [1.54, 1.807) is 20.8 Å². The molecule has 1 aliphatic rings. The summed E-state index contributed by atoms with van der Waals surface area (Å²) in [5, 5.41) is 15.3. The number of alkyl carbamates (subject to hydrolysis) is 1. The smallest absolute Gasteiger partial charge is 0.408 e. The van der Waals surface area contributed by atoms with Gasteiger partial charge in [-0.15, -0.1) is 0 Å². The van der Waals surface area contributed by atoms with Gasteiger partial charge in [0.1, 0.15) is 17.7 Å². The van der Waals surface area contributed by atoms with Crippen LogP contribution in [-0.4, -0.2) is 58.2 Å². The minimum atomic E-state index is -1.22. The van der Waals surface area contributed by atoms with Gasteiger partial charge in [-0.05, 0) is 78.0 Å². The fourth-order valence-electron chi connectivity index (χ4n) is 3.42. The molecule has 0 bridgehead atoms. The van der Waals surface area contributed by atoms with E-state index >= 15 is 0 Å². The monoisotopic (exact) mass is 447 g/mol. The van der Waals surface area contributed by atoms with Gasteiger partial charge in [0.25, 0.3) is 0 Å². The van der Waals surface area contributed by atoms with E-state index in [2.05, 4.69) is 10.6 Å². The number of nitrogens with zero attached hydrogens (tertiary/aromatic N) is 1. The second-order valence-electron chi connectivity index (χ2n) is 9.77. The Hall–Kier alpha value is -2.61. The summed E-state index contributed by atoms with van der Waals surface area (Å²) in [6.45, 7) is 12.2. The molecule has 3 amide bonds. The average Bonchev–Trinajstić information content (AvgIpc) is 3.48. The van der Waals surface area contributed by atoms with Crippen molar-refractivity contribution in [1.29, 1.82) is 0 Å². The van der Waals surface area contributed by atoms with Crippen molar-refractivity contribution in [3.8, 4) is 0 Å². The third-order valence-electron chi connectivity index (χ3n) is 5.17. The Kier molecular flexibility index (Phi) is 8.29. The fraction of sp³-hybridized carbons (Fsp3) is 0.625. The highest BCUT2D eigenvalue weighted by molar-refractivity contribution is 5.92. The number of benzene rings is 1. The molecule has 2 atom stereocenters. The van der Waals surface area contributed by atoms with Crippen molar-refractivity contribution in [2.24, 2.45) is 0 Å². The first-order valence-corrected chi connectivity index (χ1v) is 11.1. The molecule has 0 aliphatic heterocycles. The summed E-state index contributed by atoms with van der Waals surface area (Å²) >= 11 is 0. The minimum absolute atomic E-state index is 0.110. The highest BCUT2D eigenvalue weighted by atomic mass is 16.6. The van der Waals surface area contributed by atoms with Gasteiger partial charge in [0.2, 0.25) is 11.8 Å². The number of ether oxygens (including phenoxy) is 1. The van der Waals surface area contributed by atoms with Gasteiger partial charge in [0.05, 0.1) is 6.61 Å². The van der Waals surface area contributed by atoms with E-state index in [0.717, 1.165) is 24.0 Å². The molecule has 1 saturated carbocycles. The lowest BCUT2D eigenvalue weighted by atomic mass is 9.98. The number of aliphatic hydroxyl groups is 1. The maximum absolute atomic E-state index is 13.5. The van der Waals surface area contributed by atoms with Gasteiger partial charge < -0.3 is 25.4 Å². The lowest BCUT2D eigenvalue weighted by molar-refractivity contribution is -0.144. The van der Waals surface area contributed by atoms with E-state index in [4.69, 9.17) is 4.74 Å². The fourth-order valence-corrected chi connectivity index (χ4v) is 3.42. The first-order chi connectivity index (χ1) is 14.8. The second-order valence-corrected chi connectivity index (χ2v) is 9.77. The van der Waals surface area contributed by atoms with Crippen LogP contribution >= 0.6 is 0 Å². The standard InChI is InChI=1S/C24H37N3O5/c1-14(2)25-21(29)20(17-9-8-15(3)16(4)12-17)27(18-10-11-18)22(30)19(13-28)26-23(31)32-24(5,6)7/h8-9,12,14,18-20,28H,10-11,13H2,1-7H3,(H,25,29)(H,26,31). The molecule has 1 fully saturated rings. The van der Waals surface area contributed by atoms with Crippen LogP contribution in [0.15, 0.2) is 18.2 Å². The number of aryl methyl sites for hydroxylation is 2. The predicted octanol–water partition coefficient (Wildman–Crippen LogP) is 2.75. The van der Waals surface area contributed by atoms with Crippen molar-refractivity contribution in [2.75, 3.05) is 6.61 Å². The molecule has 0 aromatic heterocycles. The van der Waals surface area contributed by atoms with E-state index in [-0.39, 0.29) is 18.0 Å². The second kappa shape index (κ2) is 10.3. The molecular formula is C24H37N3O5. The molecule has 0 spiro atoms. The van der Waals surface area contributed by atoms with Crippen LogP contribution in [0.1, 0.15) is 70.2 Å². The largest absolute Gasteiger partial charge is 0.444 e. The number of nitrogens with one attached hydrogen (secondary N) is 2. The summed E-state index contributed by atoms with van der Waals surface area (Å²) in [5.41, 5.74) is 2.04. The summed E-state index contributed by atoms with van der Waals surface area (Å²) in [7, 11) is 0. The summed E-state index contributed by atoms with van der Waals surface area (Å²) in [5.74, 6) is -0.805. The number of hydrogen-bond acceptors (Lipinski definition) is 5. The first-order valence-electron chi connectivity index (χ1n) is 11.1. The molecule has 0 heterocycles. The van der Waals surface area contributed by atoms with Gasteiger partial charge >= 0.3 is 6.09 Å². The summed E-state index contributed by atoms with van der Waals surface area (Å²) in [6.07, 6.45) is 0.717. The molecule has 0 radical (unpaired) electrons. The molecule has 2 unspecified atom stereocenters. The van der Waals surface area contributed by atoms with Crippen molar-refractivity contribution in [3.05, 3.63) is 34.9 Å². The predicted molar refractivity (Wildman–Crippen MR) is 122 cm³/mol. The van der Waals surface area contributed by atoms with Crippen LogP contribution in [0.3, 0.4) is 0 Å². The average molecular weight is 448 g/mol. The molecule has 8 heteroatoms. The lowest BCUT2D eigenvalue weighted by Crippen LogP contribution is -2.55. The summed E-state index contributed by atoms with van der Waals surface area (Å²) in [6, 6.07) is 3.36. The quantitative estimate of drug-likeness (QED) is 0.568. The molecule has 1 aromatic rings. The Bertz CT molecular complexity index is 843. The Balaban J connectivity index is 2.40. The highest BCUT2D eigenvalue weighted by Gasteiger charge is 2.44. The molecule has 1 aromatic carbocycles. The Labute approximate surface area is 190 Å². The van der Waals surface area contributed by atoms with E-state index in [1.165, 1.54) is 4.90 Å². The van der Waals surface area contributed by atoms with Gasteiger partial charge in [0.15, 0.2) is 0 Å². The number of carbonyl (C=O) groups is 3. The number of aliphatic hydroxyl groups excluding tert-OH is 1. The normalized spacial score (nSPS) is 15.7. The number of amides is 3. The third-order valence-corrected chi connectivity index (χ3v) is 5.17. The van der Waals surface area contributed by atoms with Crippen LogP contribution in [0.5, 0.6) is 0 Å². The first kappa shape index (κ1) is 25.6. The van der Waals surface area contributed by atoms with Crippen LogP contribution < -0.4 is 10.6 Å². The topological polar surface area (TPSA) is 108 Å². The zero-order valence-corrected chi connectivity index (χ0v) is 20.2. The van der Waals surface area contributed by atoms with Crippen molar-refractivity contribution in [3.63, 3.8) is 0 Å². The van der Waals surface area contributed by atoms with Crippen LogP contribution in [-0.2, 0) is 14.3 Å². The van der Waals surface area contributed by atoms with E-state index < -0.39 is 36.3 Å². The number of rotatable bonds is 8. The molecule has 178 valence electrons. The van der Waals surface area contributed by atoms with Crippen LogP contribution in [0.4, 0.5) is 4.79 Å². The molecular weight excluding hydrogens is 410 g/mol. The van der Waals surface area contributed by atoms with Crippen LogP contribution in [0, 0.1) is 13.8 Å². The summed E-state index contributed by atoms with van der Waals surface area (Å²) in [4.78, 5) is 40.6. The minimum Gasteiger partial charge on any atom is -0.444 e. The molecule has 3 N–H and O–H groups in total. The lowest BCUT2D eigenvalue weighted by Gasteiger charge is -2.34. The van der Waals surface area contributed by atoms with Gasteiger partial charge in [-0.3, -0.25) is 9.59 Å². The zero-order valence-electron chi connectivity index (χ0n) is 20.2. The summed E-state index contributed by atoms with van der Waals surface area (Å²) < 4.78 is 5.24. The molecule has 8 nitrogen and oxygen atoms in total. The zero-order chi connectivity index (χ0) is 24.2. The van der Waals surface area contributed by atoms with E-state index in [9.17, 15) is 19.5 Å². The Morgan fingerprint density at radius 2 is 1.75 bits per heavy atom. The SMILES string of the molecule is Cc1ccc(C(C(=O)NC(C)C)N(C(=O)C(CO)NC(=O)OC(C)(C)C)C2CC2)cc1C. The number of carbonyl (C=O) groups excluding carboxylic acids is 3. The maximum atomic E-state index is 13.5. The third kappa shape index (κ3) is 6.95. The Morgan fingerprint density at radius 1 is 1.12 bits per heavy atom. The van der Waals surface area contributed by atoms with Crippen molar-refractivity contribution < 1.29 is 24.2 Å². The Morgan fingerprint density at radius 3 is 2.22 bits per heavy atom. The van der Waals surface area contributed by atoms with Gasteiger partial charge in [-0.1, -0.05) is 18.2 Å². The van der Waals surface area contributed by atoms with Gasteiger partial charge in [-0.25, -0.2) is 4.79 Å². The molecule has 32 heavy (non-hydrogen) atoms. The highest BCUT2D eigenvalue weighted by Crippen LogP contribution is 2.36. The van der Waals surface area contributed by atoms with Crippen molar-refractivity contribution >= 4 is 17.9 Å². The van der Waals surface area contributed by atoms with Crippen LogP contribution in [0.25, 0.3) is 0 Å². The van der Waals surface area contributed by atoms with Crippen LogP contribution in [0.2, 0.25) is 0 Å². The molecule has 2 rings (SSSR count). The maximum Gasteiger partial charge on any atom is 0.408 e.